The van der Waals surface area contributed by atoms with Crippen molar-refractivity contribution >= 4 is 13.5 Å². The summed E-state index contributed by atoms with van der Waals surface area (Å²) >= 11 is 0. The molecule has 0 aliphatic heterocycles. The summed E-state index contributed by atoms with van der Waals surface area (Å²) in [7, 11) is -1.47. The fourth-order valence-electron chi connectivity index (χ4n) is 1.26. The summed E-state index contributed by atoms with van der Waals surface area (Å²) in [6.07, 6.45) is 7.09. The van der Waals surface area contributed by atoms with Gasteiger partial charge < -0.3 is 4.79 Å². The molecule has 0 N–H and O–H groups in total. The lowest BCUT2D eigenvalue weighted by atomic mass is 10.1. The van der Waals surface area contributed by atoms with Crippen LogP contribution in [0.1, 0.15) is 45.4 Å². The smallest absolute Gasteiger partial charge is 0.123 e. The minimum atomic E-state index is -1.47. The summed E-state index contributed by atoms with van der Waals surface area (Å²) in [4.78, 5) is 11.6. The van der Waals surface area contributed by atoms with Crippen LogP contribution in [0.25, 0.3) is 0 Å². The molecule has 0 spiro atoms. The van der Waals surface area contributed by atoms with Gasteiger partial charge in [-0.3, -0.25) is 0 Å². The monoisotopic (exact) mass is 200 g/mol. The zero-order valence-electron chi connectivity index (χ0n) is 9.65. The number of hydrogen-bond donors (Lipinski definition) is 0. The average molecular weight is 200 g/mol. The van der Waals surface area contributed by atoms with Crippen molar-refractivity contribution in [3.8, 4) is 0 Å². The zero-order valence-corrected chi connectivity index (χ0v) is 10.7. The molecule has 0 unspecified atom stereocenters. The first-order chi connectivity index (χ1) is 5.98. The highest BCUT2D eigenvalue weighted by molar-refractivity contribution is 7.03. The van der Waals surface area contributed by atoms with E-state index in [1.165, 1.54) is 25.7 Å². The van der Waals surface area contributed by atoms with Gasteiger partial charge in [0.25, 0.3) is 0 Å². The van der Waals surface area contributed by atoms with Gasteiger partial charge >= 0.3 is 0 Å². The predicted octanol–water partition coefficient (Wildman–Crippen LogP) is 3.79. The molecule has 0 rings (SSSR count). The molecule has 13 heavy (non-hydrogen) atoms. The Balaban J connectivity index is 3.38. The van der Waals surface area contributed by atoms with Gasteiger partial charge in [0.2, 0.25) is 0 Å². The lowest BCUT2D eigenvalue weighted by Gasteiger charge is -2.13. The summed E-state index contributed by atoms with van der Waals surface area (Å²) in [5.41, 5.74) is 0. The predicted molar refractivity (Wildman–Crippen MR) is 61.7 cm³/mol. The highest BCUT2D eigenvalue weighted by Gasteiger charge is 2.22. The third-order valence-corrected chi connectivity index (χ3v) is 4.27. The van der Waals surface area contributed by atoms with Gasteiger partial charge in [-0.2, -0.15) is 0 Å². The topological polar surface area (TPSA) is 17.1 Å². The Morgan fingerprint density at radius 3 is 2.00 bits per heavy atom. The van der Waals surface area contributed by atoms with Gasteiger partial charge in [0.1, 0.15) is 13.5 Å². The van der Waals surface area contributed by atoms with Crippen LogP contribution in [0.3, 0.4) is 0 Å². The van der Waals surface area contributed by atoms with E-state index >= 15 is 0 Å². The third-order valence-electron chi connectivity index (χ3n) is 2.34. The molecule has 0 atom stereocenters. The van der Waals surface area contributed by atoms with E-state index in [9.17, 15) is 4.79 Å². The molecule has 0 saturated carbocycles. The molecular weight excluding hydrogens is 176 g/mol. The first-order valence-corrected chi connectivity index (χ1v) is 9.01. The maximum Gasteiger partial charge on any atom is 0.123 e. The van der Waals surface area contributed by atoms with Gasteiger partial charge in [0.15, 0.2) is 0 Å². The van der Waals surface area contributed by atoms with Crippen LogP contribution < -0.4 is 0 Å². The molecule has 0 aromatic heterocycles. The lowest BCUT2D eigenvalue weighted by molar-refractivity contribution is -0.112. The van der Waals surface area contributed by atoms with Crippen LogP contribution in [-0.4, -0.2) is 13.5 Å². The van der Waals surface area contributed by atoms with Crippen molar-refractivity contribution in [2.75, 3.05) is 0 Å². The summed E-state index contributed by atoms with van der Waals surface area (Å²) in [5, 5.41) is 0.545. The second kappa shape index (κ2) is 6.36. The van der Waals surface area contributed by atoms with Crippen molar-refractivity contribution in [3.05, 3.63) is 0 Å². The molecule has 0 saturated heterocycles. The number of carbonyl (C=O) groups excluding carboxylic acids is 1. The second-order valence-electron chi connectivity index (χ2n) is 4.84. The second-order valence-corrected chi connectivity index (χ2v) is 9.90. The summed E-state index contributed by atoms with van der Waals surface area (Å²) in [5.74, 6) is 0. The molecule has 78 valence electrons. The van der Waals surface area contributed by atoms with E-state index in [1.54, 1.807) is 0 Å². The molecule has 0 aromatic carbocycles. The number of unbranched alkanes of at least 4 members (excludes halogenated alkanes) is 4. The SMILES string of the molecule is CCCCCCCC(=O)[Si](C)(C)C. The summed E-state index contributed by atoms with van der Waals surface area (Å²) in [6, 6.07) is 0. The van der Waals surface area contributed by atoms with Gasteiger partial charge in [-0.1, -0.05) is 52.2 Å². The standard InChI is InChI=1S/C11H24OSi/c1-5-6-7-8-9-10-11(12)13(2,3)4/h5-10H2,1-4H3. The first kappa shape index (κ1) is 12.9. The average Bonchev–Trinajstić information content (AvgIpc) is 2.02. The van der Waals surface area contributed by atoms with Crippen molar-refractivity contribution in [2.24, 2.45) is 0 Å². The van der Waals surface area contributed by atoms with Gasteiger partial charge in [-0.15, -0.1) is 0 Å². The van der Waals surface area contributed by atoms with Crippen molar-refractivity contribution in [2.45, 2.75) is 65.1 Å². The van der Waals surface area contributed by atoms with Gasteiger partial charge in [-0.05, 0) is 6.42 Å². The highest BCUT2D eigenvalue weighted by Crippen LogP contribution is 2.10. The Morgan fingerprint density at radius 1 is 1.00 bits per heavy atom. The number of rotatable bonds is 7. The van der Waals surface area contributed by atoms with Crippen molar-refractivity contribution in [1.29, 1.82) is 0 Å². The van der Waals surface area contributed by atoms with Gasteiger partial charge in [0, 0.05) is 6.42 Å². The van der Waals surface area contributed by atoms with Crippen molar-refractivity contribution in [1.82, 2.24) is 0 Å². The Kier molecular flexibility index (Phi) is 6.30. The van der Waals surface area contributed by atoms with Crippen LogP contribution in [0.5, 0.6) is 0 Å². The van der Waals surface area contributed by atoms with Crippen LogP contribution in [0.4, 0.5) is 0 Å². The molecule has 2 heteroatoms. The van der Waals surface area contributed by atoms with Crippen LogP contribution in [-0.2, 0) is 4.79 Å². The molecule has 0 aliphatic carbocycles. The maximum atomic E-state index is 11.6. The van der Waals surface area contributed by atoms with Crippen LogP contribution in [0.2, 0.25) is 19.6 Å². The molecule has 0 heterocycles. The molecular formula is C11H24OSi. The first-order valence-electron chi connectivity index (χ1n) is 5.51. The Bertz CT molecular complexity index is 147. The van der Waals surface area contributed by atoms with Crippen LogP contribution in [0, 0.1) is 0 Å². The van der Waals surface area contributed by atoms with E-state index in [0.717, 1.165) is 12.8 Å². The van der Waals surface area contributed by atoms with E-state index in [1.807, 2.05) is 0 Å². The third kappa shape index (κ3) is 7.00. The van der Waals surface area contributed by atoms with E-state index in [4.69, 9.17) is 0 Å². The van der Waals surface area contributed by atoms with Crippen LogP contribution in [0.15, 0.2) is 0 Å². The number of carbonyl (C=O) groups is 1. The van der Waals surface area contributed by atoms with E-state index in [-0.39, 0.29) is 0 Å². The quantitative estimate of drug-likeness (QED) is 0.451. The maximum absolute atomic E-state index is 11.6. The van der Waals surface area contributed by atoms with Crippen molar-refractivity contribution in [3.63, 3.8) is 0 Å². The fourth-order valence-corrected chi connectivity index (χ4v) is 2.19. The largest absolute Gasteiger partial charge is 0.305 e. The minimum absolute atomic E-state index is 0.545. The Hall–Kier alpha value is -0.113. The van der Waals surface area contributed by atoms with Gasteiger partial charge in [-0.25, -0.2) is 0 Å². The normalized spacial score (nSPS) is 11.7. The molecule has 0 amide bonds. The van der Waals surface area contributed by atoms with Crippen LogP contribution >= 0.6 is 0 Å². The summed E-state index contributed by atoms with van der Waals surface area (Å²) in [6.45, 7) is 8.64. The van der Waals surface area contributed by atoms with E-state index < -0.39 is 8.07 Å². The van der Waals surface area contributed by atoms with Crippen molar-refractivity contribution < 1.29 is 4.79 Å². The fraction of sp³-hybridized carbons (Fsp3) is 0.909. The van der Waals surface area contributed by atoms with E-state index in [2.05, 4.69) is 26.6 Å². The number of hydrogen-bond acceptors (Lipinski definition) is 1. The Labute approximate surface area is 83.9 Å². The summed E-state index contributed by atoms with van der Waals surface area (Å²) < 4.78 is 0. The molecule has 0 aliphatic rings. The molecule has 0 bridgehead atoms. The van der Waals surface area contributed by atoms with E-state index in [0.29, 0.717) is 5.41 Å². The molecule has 0 aromatic rings. The molecule has 1 nitrogen and oxygen atoms in total. The lowest BCUT2D eigenvalue weighted by Crippen LogP contribution is -2.32. The molecule has 0 fully saturated rings. The Morgan fingerprint density at radius 2 is 1.54 bits per heavy atom. The van der Waals surface area contributed by atoms with Gasteiger partial charge in [0.05, 0.1) is 0 Å². The molecule has 0 radical (unpaired) electrons. The zero-order chi connectivity index (χ0) is 10.3. The minimum Gasteiger partial charge on any atom is -0.305 e. The highest BCUT2D eigenvalue weighted by atomic mass is 28.3.